The van der Waals surface area contributed by atoms with Gasteiger partial charge in [0.1, 0.15) is 0 Å². The molecule has 1 aliphatic heterocycles. The van der Waals surface area contributed by atoms with Crippen molar-refractivity contribution < 1.29 is 9.90 Å². The van der Waals surface area contributed by atoms with Gasteiger partial charge < -0.3 is 5.11 Å². The molecule has 2 atom stereocenters. The van der Waals surface area contributed by atoms with Gasteiger partial charge in [0.2, 0.25) is 0 Å². The number of carboxylic acids is 1. The van der Waals surface area contributed by atoms with E-state index >= 15 is 0 Å². The first-order valence-corrected chi connectivity index (χ1v) is 7.47. The van der Waals surface area contributed by atoms with Crippen LogP contribution in [-0.4, -0.2) is 34.6 Å². The van der Waals surface area contributed by atoms with Crippen molar-refractivity contribution in [1.82, 2.24) is 4.90 Å². The number of rotatable bonds is 5. The van der Waals surface area contributed by atoms with Gasteiger partial charge in [0, 0.05) is 25.0 Å². The van der Waals surface area contributed by atoms with Crippen LogP contribution < -0.4 is 0 Å². The highest BCUT2D eigenvalue weighted by atomic mass is 16.4. The highest BCUT2D eigenvalue weighted by Crippen LogP contribution is 2.46. The molecular weight excluding hydrogens is 226 g/mol. The number of nitrogens with zero attached hydrogens (tertiary/aromatic N) is 1. The lowest BCUT2D eigenvalue weighted by Gasteiger charge is -2.47. The molecule has 2 bridgehead atoms. The van der Waals surface area contributed by atoms with E-state index in [0.717, 1.165) is 13.1 Å². The second kappa shape index (κ2) is 5.20. The van der Waals surface area contributed by atoms with E-state index in [4.69, 9.17) is 5.11 Å². The molecule has 2 fully saturated rings. The molecule has 2 unspecified atom stereocenters. The Morgan fingerprint density at radius 1 is 1.22 bits per heavy atom. The fourth-order valence-corrected chi connectivity index (χ4v) is 4.01. The molecule has 1 N–H and O–H groups in total. The van der Waals surface area contributed by atoms with Crippen molar-refractivity contribution in [2.75, 3.05) is 13.1 Å². The van der Waals surface area contributed by atoms with Crippen LogP contribution >= 0.6 is 0 Å². The van der Waals surface area contributed by atoms with Gasteiger partial charge in [-0.3, -0.25) is 9.69 Å². The first-order chi connectivity index (χ1) is 8.50. The van der Waals surface area contributed by atoms with Crippen molar-refractivity contribution in [1.29, 1.82) is 0 Å². The predicted octanol–water partition coefficient (Wildman–Crippen LogP) is 3.00. The molecule has 0 aromatic rings. The van der Waals surface area contributed by atoms with Crippen molar-refractivity contribution in [3.8, 4) is 0 Å². The minimum absolute atomic E-state index is 0.315. The second-order valence-electron chi connectivity index (χ2n) is 6.47. The maximum atomic E-state index is 11.0. The Bertz CT molecular complexity index is 298. The molecule has 0 aromatic heterocycles. The van der Waals surface area contributed by atoms with E-state index in [1.807, 2.05) is 0 Å². The Balaban J connectivity index is 2.06. The quantitative estimate of drug-likeness (QED) is 0.819. The Morgan fingerprint density at radius 3 is 2.11 bits per heavy atom. The predicted molar refractivity (Wildman–Crippen MR) is 72.5 cm³/mol. The fraction of sp³-hybridized carbons (Fsp3) is 0.933. The molecule has 104 valence electrons. The van der Waals surface area contributed by atoms with Gasteiger partial charge in [-0.15, -0.1) is 0 Å². The summed E-state index contributed by atoms with van der Waals surface area (Å²) < 4.78 is 0. The lowest BCUT2D eigenvalue weighted by molar-refractivity contribution is -0.139. The summed E-state index contributed by atoms with van der Waals surface area (Å²) in [6, 6.07) is 0. The highest BCUT2D eigenvalue weighted by molar-refractivity contribution is 5.67. The van der Waals surface area contributed by atoms with Gasteiger partial charge in [0.25, 0.3) is 0 Å². The second-order valence-corrected chi connectivity index (χ2v) is 6.47. The maximum absolute atomic E-state index is 11.0. The Labute approximate surface area is 111 Å². The van der Waals surface area contributed by atoms with Gasteiger partial charge in [0.05, 0.1) is 0 Å². The van der Waals surface area contributed by atoms with Crippen LogP contribution in [-0.2, 0) is 4.79 Å². The molecule has 0 spiro atoms. The van der Waals surface area contributed by atoms with Crippen molar-refractivity contribution in [2.24, 2.45) is 17.8 Å². The fourth-order valence-electron chi connectivity index (χ4n) is 4.01. The summed E-state index contributed by atoms with van der Waals surface area (Å²) in [5, 5.41) is 9.03. The van der Waals surface area contributed by atoms with Crippen LogP contribution in [0, 0.1) is 17.8 Å². The van der Waals surface area contributed by atoms with E-state index in [1.54, 1.807) is 0 Å². The van der Waals surface area contributed by atoms with Gasteiger partial charge in [0.15, 0.2) is 0 Å². The van der Waals surface area contributed by atoms with E-state index in [2.05, 4.69) is 25.7 Å². The van der Waals surface area contributed by atoms with Crippen LogP contribution in [0.2, 0.25) is 0 Å². The molecule has 2 aliphatic rings. The number of piperidine rings is 1. The van der Waals surface area contributed by atoms with E-state index in [1.165, 1.54) is 25.7 Å². The summed E-state index contributed by atoms with van der Waals surface area (Å²) >= 11 is 0. The van der Waals surface area contributed by atoms with Crippen LogP contribution in [0.3, 0.4) is 0 Å². The molecule has 0 radical (unpaired) electrons. The lowest BCUT2D eigenvalue weighted by atomic mass is 9.79. The third-order valence-electron chi connectivity index (χ3n) is 5.73. The van der Waals surface area contributed by atoms with Crippen LogP contribution in [0.25, 0.3) is 0 Å². The van der Waals surface area contributed by atoms with Gasteiger partial charge in [-0.05, 0) is 50.4 Å². The van der Waals surface area contributed by atoms with Crippen LogP contribution in [0.5, 0.6) is 0 Å². The molecule has 2 rings (SSSR count). The maximum Gasteiger partial charge on any atom is 0.303 e. The van der Waals surface area contributed by atoms with Crippen molar-refractivity contribution >= 4 is 5.97 Å². The monoisotopic (exact) mass is 253 g/mol. The smallest absolute Gasteiger partial charge is 0.303 e. The summed E-state index contributed by atoms with van der Waals surface area (Å²) in [6.07, 6.45) is 5.24. The van der Waals surface area contributed by atoms with E-state index < -0.39 is 5.97 Å². The number of hydrogen-bond acceptors (Lipinski definition) is 2. The Hall–Kier alpha value is -0.570. The molecule has 1 heterocycles. The third-order valence-corrected chi connectivity index (χ3v) is 5.73. The Kier molecular flexibility index (Phi) is 4.00. The number of fused-ring (bicyclic) bond motifs is 2. The molecule has 0 amide bonds. The summed E-state index contributed by atoms with van der Waals surface area (Å²) in [7, 11) is 0. The number of carbonyl (C=O) groups is 1. The van der Waals surface area contributed by atoms with E-state index in [9.17, 15) is 4.79 Å². The number of aliphatic carboxylic acids is 1. The van der Waals surface area contributed by atoms with E-state index in [0.29, 0.717) is 29.7 Å². The van der Waals surface area contributed by atoms with Gasteiger partial charge >= 0.3 is 5.97 Å². The minimum Gasteiger partial charge on any atom is -0.481 e. The normalized spacial score (nSPS) is 32.7. The van der Waals surface area contributed by atoms with Gasteiger partial charge in [-0.25, -0.2) is 0 Å². The first kappa shape index (κ1) is 13.9. The molecule has 1 aliphatic carbocycles. The number of likely N-dealkylation sites (tertiary alicyclic amines) is 1. The zero-order valence-electron chi connectivity index (χ0n) is 12.0. The van der Waals surface area contributed by atoms with Crippen molar-refractivity contribution in [3.05, 3.63) is 0 Å². The number of carboxylic acid groups (broad SMARTS) is 1. The molecule has 1 saturated carbocycles. The molecule has 18 heavy (non-hydrogen) atoms. The SMILES string of the molecule is CCC(C)(CC)N1CC2CCC(C1)C2CC(=O)O. The summed E-state index contributed by atoms with van der Waals surface area (Å²) in [4.78, 5) is 13.6. The highest BCUT2D eigenvalue weighted by Gasteiger charge is 2.45. The minimum atomic E-state index is -0.612. The molecule has 3 nitrogen and oxygen atoms in total. The van der Waals surface area contributed by atoms with Crippen LogP contribution in [0.1, 0.15) is 52.9 Å². The van der Waals surface area contributed by atoms with Gasteiger partial charge in [-0.1, -0.05) is 13.8 Å². The molecular formula is C15H27NO2. The molecule has 3 heteroatoms. The average molecular weight is 253 g/mol. The number of hydrogen-bond donors (Lipinski definition) is 1. The van der Waals surface area contributed by atoms with Crippen LogP contribution in [0.15, 0.2) is 0 Å². The topological polar surface area (TPSA) is 40.5 Å². The van der Waals surface area contributed by atoms with E-state index in [-0.39, 0.29) is 0 Å². The summed E-state index contributed by atoms with van der Waals surface area (Å²) in [5.41, 5.74) is 0.315. The average Bonchev–Trinajstić information content (AvgIpc) is 2.59. The largest absolute Gasteiger partial charge is 0.481 e. The van der Waals surface area contributed by atoms with Gasteiger partial charge in [-0.2, -0.15) is 0 Å². The zero-order valence-corrected chi connectivity index (χ0v) is 12.0. The molecule has 0 aromatic carbocycles. The zero-order chi connectivity index (χ0) is 13.3. The lowest BCUT2D eigenvalue weighted by Crippen LogP contribution is -2.53. The first-order valence-electron chi connectivity index (χ1n) is 7.47. The third kappa shape index (κ3) is 2.42. The molecule has 1 saturated heterocycles. The van der Waals surface area contributed by atoms with Crippen molar-refractivity contribution in [3.63, 3.8) is 0 Å². The Morgan fingerprint density at radius 2 is 1.72 bits per heavy atom. The van der Waals surface area contributed by atoms with Crippen molar-refractivity contribution in [2.45, 2.75) is 58.4 Å². The summed E-state index contributed by atoms with van der Waals surface area (Å²) in [5.74, 6) is 1.07. The standard InChI is InChI=1S/C15H27NO2/c1-4-15(3,5-2)16-9-11-6-7-12(10-16)13(11)8-14(17)18/h11-13H,4-10H2,1-3H3,(H,17,18). The summed E-state index contributed by atoms with van der Waals surface area (Å²) in [6.45, 7) is 9.15. The van der Waals surface area contributed by atoms with Crippen LogP contribution in [0.4, 0.5) is 0 Å².